The number of carbonyl (C=O) groups is 1. The largest absolute Gasteiger partial charge is 0.481 e. The van der Waals surface area contributed by atoms with Crippen LogP contribution in [0.15, 0.2) is 41.1 Å². The lowest BCUT2D eigenvalue weighted by Crippen LogP contribution is -2.14. The van der Waals surface area contributed by atoms with Crippen LogP contribution in [-0.4, -0.2) is 48.0 Å². The Morgan fingerprint density at radius 3 is 2.94 bits per heavy atom. The normalized spacial score (nSPS) is 13.5. The Morgan fingerprint density at radius 2 is 2.15 bits per heavy atom. The van der Waals surface area contributed by atoms with Crippen molar-refractivity contribution in [1.29, 1.82) is 0 Å². The van der Waals surface area contributed by atoms with E-state index in [4.69, 9.17) is 18.7 Å². The number of nitrogens with zero attached hydrogens (tertiary/aromatic N) is 3. The van der Waals surface area contributed by atoms with Crippen LogP contribution in [0.4, 0.5) is 5.82 Å². The van der Waals surface area contributed by atoms with Gasteiger partial charge in [0.2, 0.25) is 5.88 Å². The number of anilines is 1. The lowest BCUT2D eigenvalue weighted by Gasteiger charge is -2.17. The highest BCUT2D eigenvalue weighted by Gasteiger charge is 2.21. The van der Waals surface area contributed by atoms with E-state index in [0.717, 1.165) is 36.5 Å². The van der Waals surface area contributed by atoms with Gasteiger partial charge in [0.25, 0.3) is 5.88 Å². The maximum atomic E-state index is 12.2. The first-order valence-corrected chi connectivity index (χ1v) is 11.6. The predicted molar refractivity (Wildman–Crippen MR) is 125 cm³/mol. The predicted octanol–water partition coefficient (Wildman–Crippen LogP) is 3.73. The molecule has 4 heterocycles. The molecule has 0 saturated carbocycles. The summed E-state index contributed by atoms with van der Waals surface area (Å²) in [5.41, 5.74) is 3.12. The molecule has 0 aliphatic carbocycles. The number of methoxy groups -OCH3 is 1. The van der Waals surface area contributed by atoms with Gasteiger partial charge in [-0.2, -0.15) is 0 Å². The fraction of sp³-hybridized carbons (Fsp3) is 0.440. The van der Waals surface area contributed by atoms with Crippen LogP contribution >= 0.6 is 0 Å². The minimum absolute atomic E-state index is 0.176. The van der Waals surface area contributed by atoms with Gasteiger partial charge in [-0.1, -0.05) is 12.1 Å². The van der Waals surface area contributed by atoms with E-state index >= 15 is 0 Å². The van der Waals surface area contributed by atoms with Crippen LogP contribution < -0.4 is 14.8 Å². The topological polar surface area (TPSA) is 109 Å². The summed E-state index contributed by atoms with van der Waals surface area (Å²) in [6.45, 7) is 3.53. The van der Waals surface area contributed by atoms with E-state index in [1.165, 1.54) is 5.56 Å². The molecular formula is C25H30N4O5. The van der Waals surface area contributed by atoms with Crippen LogP contribution in [-0.2, 0) is 28.8 Å². The van der Waals surface area contributed by atoms with Crippen LogP contribution in [0.1, 0.15) is 48.3 Å². The van der Waals surface area contributed by atoms with Gasteiger partial charge in [0.1, 0.15) is 11.6 Å². The van der Waals surface area contributed by atoms with Crippen molar-refractivity contribution >= 4 is 11.8 Å². The third kappa shape index (κ3) is 6.24. The molecule has 3 aromatic heterocycles. The summed E-state index contributed by atoms with van der Waals surface area (Å²) in [4.78, 5) is 21.1. The molecule has 0 saturated heterocycles. The van der Waals surface area contributed by atoms with E-state index < -0.39 is 0 Å². The highest BCUT2D eigenvalue weighted by molar-refractivity contribution is 5.70. The van der Waals surface area contributed by atoms with Gasteiger partial charge in [0.05, 0.1) is 26.7 Å². The molecule has 9 nitrogen and oxygen atoms in total. The molecule has 1 atom stereocenters. The second kappa shape index (κ2) is 11.5. The van der Waals surface area contributed by atoms with E-state index in [2.05, 4.69) is 26.5 Å². The Labute approximate surface area is 198 Å². The standard InChI is InChI=1S/C25H30N4O5/c1-3-32-24(30)14-19(18-7-9-22(31-2)27-16-18)13-21-15-23(29-34-21)33-12-10-20-8-6-17-5-4-11-26-25(17)28-20/h6-9,15-16,19H,3-5,10-14H2,1-2H3,(H,26,28). The minimum atomic E-state index is -0.272. The number of esters is 1. The monoisotopic (exact) mass is 466 g/mol. The van der Waals surface area contributed by atoms with E-state index in [-0.39, 0.29) is 18.3 Å². The zero-order chi connectivity index (χ0) is 23.8. The smallest absolute Gasteiger partial charge is 0.306 e. The number of aryl methyl sites for hydroxylation is 1. The molecule has 0 bridgehead atoms. The van der Waals surface area contributed by atoms with Gasteiger partial charge in [-0.15, -0.1) is 0 Å². The Bertz CT molecular complexity index is 1080. The molecule has 180 valence electrons. The first kappa shape index (κ1) is 23.5. The summed E-state index contributed by atoms with van der Waals surface area (Å²) < 4.78 is 21.5. The fourth-order valence-electron chi connectivity index (χ4n) is 3.95. The van der Waals surface area contributed by atoms with Crippen LogP contribution in [0.2, 0.25) is 0 Å². The van der Waals surface area contributed by atoms with Crippen LogP contribution in [0.3, 0.4) is 0 Å². The first-order chi connectivity index (χ1) is 16.6. The molecule has 1 aliphatic rings. The number of hydrogen-bond donors (Lipinski definition) is 1. The van der Waals surface area contributed by atoms with Gasteiger partial charge >= 0.3 is 5.97 Å². The van der Waals surface area contributed by atoms with Crippen molar-refractivity contribution in [3.63, 3.8) is 0 Å². The molecule has 9 heteroatoms. The highest BCUT2D eigenvalue weighted by atomic mass is 16.5. The van der Waals surface area contributed by atoms with Gasteiger partial charge in [-0.05, 0) is 42.1 Å². The Morgan fingerprint density at radius 1 is 1.24 bits per heavy atom. The summed E-state index contributed by atoms with van der Waals surface area (Å²) in [6.07, 6.45) is 5.24. The molecule has 34 heavy (non-hydrogen) atoms. The number of carbonyl (C=O) groups excluding carboxylic acids is 1. The molecule has 0 fully saturated rings. The van der Waals surface area contributed by atoms with Gasteiger partial charge in [0.15, 0.2) is 0 Å². The minimum Gasteiger partial charge on any atom is -0.481 e. The number of hydrogen-bond acceptors (Lipinski definition) is 9. The number of aromatic nitrogens is 3. The van der Waals surface area contributed by atoms with Crippen molar-refractivity contribution in [2.24, 2.45) is 0 Å². The number of rotatable bonds is 11. The average Bonchev–Trinajstić information content (AvgIpc) is 3.31. The summed E-state index contributed by atoms with van der Waals surface area (Å²) >= 11 is 0. The van der Waals surface area contributed by atoms with Gasteiger partial charge in [0, 0.05) is 49.3 Å². The van der Waals surface area contributed by atoms with Crippen LogP contribution in [0.5, 0.6) is 11.8 Å². The summed E-state index contributed by atoms with van der Waals surface area (Å²) in [6, 6.07) is 9.61. The molecule has 0 radical (unpaired) electrons. The van der Waals surface area contributed by atoms with Gasteiger partial charge in [-0.25, -0.2) is 9.97 Å². The SMILES string of the molecule is CCOC(=O)CC(Cc1cc(OCCc2ccc3c(n2)NCCC3)no1)c1ccc(OC)nc1. The maximum absolute atomic E-state index is 12.2. The quantitative estimate of drug-likeness (QED) is 0.423. The van der Waals surface area contributed by atoms with E-state index in [1.807, 2.05) is 12.1 Å². The molecule has 0 spiro atoms. The molecule has 3 aromatic rings. The van der Waals surface area contributed by atoms with Crippen molar-refractivity contribution in [3.05, 3.63) is 59.1 Å². The number of pyridine rings is 2. The Balaban J connectivity index is 1.35. The lowest BCUT2D eigenvalue weighted by molar-refractivity contribution is -0.143. The number of nitrogens with one attached hydrogen (secondary N) is 1. The Hall–Kier alpha value is -3.62. The number of fused-ring (bicyclic) bond motifs is 1. The fourth-order valence-corrected chi connectivity index (χ4v) is 3.95. The van der Waals surface area contributed by atoms with Gasteiger partial charge in [-0.3, -0.25) is 4.79 Å². The first-order valence-electron chi connectivity index (χ1n) is 11.6. The highest BCUT2D eigenvalue weighted by Crippen LogP contribution is 2.27. The summed E-state index contributed by atoms with van der Waals surface area (Å²) in [5, 5.41) is 7.38. The zero-order valence-electron chi connectivity index (χ0n) is 19.6. The summed E-state index contributed by atoms with van der Waals surface area (Å²) in [5.74, 6) is 2.08. The average molecular weight is 467 g/mol. The van der Waals surface area contributed by atoms with Crippen molar-refractivity contribution in [1.82, 2.24) is 15.1 Å². The van der Waals surface area contributed by atoms with Crippen molar-refractivity contribution < 1.29 is 23.5 Å². The number of ether oxygens (including phenoxy) is 3. The van der Waals surface area contributed by atoms with Crippen molar-refractivity contribution in [2.75, 3.05) is 32.2 Å². The maximum Gasteiger partial charge on any atom is 0.306 e. The van der Waals surface area contributed by atoms with Crippen molar-refractivity contribution in [3.8, 4) is 11.8 Å². The van der Waals surface area contributed by atoms with E-state index in [1.54, 1.807) is 32.4 Å². The van der Waals surface area contributed by atoms with E-state index in [0.29, 0.717) is 43.6 Å². The molecule has 4 rings (SSSR count). The van der Waals surface area contributed by atoms with Crippen molar-refractivity contribution in [2.45, 2.75) is 44.9 Å². The molecular weight excluding hydrogens is 436 g/mol. The second-order valence-electron chi connectivity index (χ2n) is 8.11. The lowest BCUT2D eigenvalue weighted by atomic mass is 9.92. The molecule has 1 N–H and O–H groups in total. The van der Waals surface area contributed by atoms with E-state index in [9.17, 15) is 4.79 Å². The molecule has 0 aromatic carbocycles. The Kier molecular flexibility index (Phi) is 7.95. The molecule has 1 aliphatic heterocycles. The summed E-state index contributed by atoms with van der Waals surface area (Å²) in [7, 11) is 1.56. The third-order valence-electron chi connectivity index (χ3n) is 5.70. The third-order valence-corrected chi connectivity index (χ3v) is 5.70. The molecule has 1 unspecified atom stereocenters. The zero-order valence-corrected chi connectivity index (χ0v) is 19.6. The van der Waals surface area contributed by atoms with Gasteiger partial charge < -0.3 is 24.1 Å². The second-order valence-corrected chi connectivity index (χ2v) is 8.11. The molecule has 0 amide bonds. The van der Waals surface area contributed by atoms with Crippen LogP contribution in [0, 0.1) is 0 Å². The van der Waals surface area contributed by atoms with Crippen LogP contribution in [0.25, 0.3) is 0 Å².